The van der Waals surface area contributed by atoms with Crippen LogP contribution in [0.2, 0.25) is 10.0 Å². The minimum Gasteiger partial charge on any atom is -0.273 e. The second-order valence-electron chi connectivity index (χ2n) is 5.95. The zero-order valence-corrected chi connectivity index (χ0v) is 15.2. The summed E-state index contributed by atoms with van der Waals surface area (Å²) in [5.41, 5.74) is 0.636. The Balaban J connectivity index is 1.88. The molecule has 0 bridgehead atoms. The van der Waals surface area contributed by atoms with Gasteiger partial charge in [-0.15, -0.1) is 0 Å². The highest BCUT2D eigenvalue weighted by molar-refractivity contribution is 7.90. The van der Waals surface area contributed by atoms with Crippen molar-refractivity contribution in [3.05, 3.63) is 63.6 Å². The summed E-state index contributed by atoms with van der Waals surface area (Å²) in [5.74, 6) is -0.563. The number of carbonyl (C=O) groups is 1. The van der Waals surface area contributed by atoms with E-state index in [0.717, 1.165) is 5.56 Å². The average molecular weight is 384 g/mol. The van der Waals surface area contributed by atoms with E-state index in [9.17, 15) is 13.2 Å². The third-order valence-electron chi connectivity index (χ3n) is 4.19. The molecule has 1 amide bonds. The maximum atomic E-state index is 12.6. The van der Waals surface area contributed by atoms with Crippen molar-refractivity contribution in [2.75, 3.05) is 0 Å². The number of nitrogens with one attached hydrogen (secondary N) is 1. The molecule has 2 aromatic carbocycles. The maximum absolute atomic E-state index is 12.6. The molecule has 0 aliphatic heterocycles. The van der Waals surface area contributed by atoms with E-state index in [1.807, 2.05) is 6.92 Å². The number of rotatable bonds is 4. The molecular weight excluding hydrogens is 369 g/mol. The number of carbonyl (C=O) groups excluding carboxylic acids is 1. The van der Waals surface area contributed by atoms with Gasteiger partial charge in [-0.1, -0.05) is 47.0 Å². The lowest BCUT2D eigenvalue weighted by molar-refractivity contribution is -0.121. The fraction of sp³-hybridized carbons (Fsp3) is 0.235. The van der Waals surface area contributed by atoms with E-state index < -0.39 is 21.3 Å². The quantitative estimate of drug-likeness (QED) is 0.871. The Bertz CT molecular complexity index is 904. The Morgan fingerprint density at radius 2 is 1.71 bits per heavy atom. The van der Waals surface area contributed by atoms with Gasteiger partial charge in [-0.05, 0) is 49.6 Å². The van der Waals surface area contributed by atoms with Crippen LogP contribution in [0.25, 0.3) is 0 Å². The van der Waals surface area contributed by atoms with E-state index in [4.69, 9.17) is 23.2 Å². The van der Waals surface area contributed by atoms with Crippen molar-refractivity contribution in [1.29, 1.82) is 0 Å². The van der Waals surface area contributed by atoms with Crippen molar-refractivity contribution in [1.82, 2.24) is 4.72 Å². The molecule has 0 aromatic heterocycles. The molecule has 3 rings (SSSR count). The zero-order chi connectivity index (χ0) is 17.5. The first-order chi connectivity index (χ1) is 11.2. The topological polar surface area (TPSA) is 63.2 Å². The van der Waals surface area contributed by atoms with Crippen molar-refractivity contribution in [3.63, 3.8) is 0 Å². The highest BCUT2D eigenvalue weighted by Crippen LogP contribution is 2.51. The SMILES string of the molecule is Cc1ccc(S(=O)(=O)NC(=O)C2(c3ccc(Cl)cc3Cl)CC2)cc1. The second-order valence-corrected chi connectivity index (χ2v) is 8.48. The molecule has 7 heteroatoms. The first-order valence-electron chi connectivity index (χ1n) is 7.34. The molecule has 0 saturated heterocycles. The van der Waals surface area contributed by atoms with Crippen LogP contribution in [0.15, 0.2) is 47.4 Å². The summed E-state index contributed by atoms with van der Waals surface area (Å²) in [5, 5.41) is 0.829. The molecule has 0 atom stereocenters. The van der Waals surface area contributed by atoms with Gasteiger partial charge in [0, 0.05) is 10.0 Å². The first kappa shape index (κ1) is 17.3. The molecule has 4 nitrogen and oxygen atoms in total. The molecule has 1 aliphatic carbocycles. The van der Waals surface area contributed by atoms with E-state index in [1.54, 1.807) is 30.3 Å². The van der Waals surface area contributed by atoms with Gasteiger partial charge in [-0.25, -0.2) is 13.1 Å². The summed E-state index contributed by atoms with van der Waals surface area (Å²) in [6.07, 6.45) is 1.09. The zero-order valence-electron chi connectivity index (χ0n) is 12.8. The minimum absolute atomic E-state index is 0.0550. The van der Waals surface area contributed by atoms with Crippen molar-refractivity contribution in [2.24, 2.45) is 0 Å². The van der Waals surface area contributed by atoms with Crippen LogP contribution in [0, 0.1) is 6.92 Å². The molecule has 1 N–H and O–H groups in total. The molecular formula is C17H15Cl2NO3S. The summed E-state index contributed by atoms with van der Waals surface area (Å²) >= 11 is 12.1. The number of benzene rings is 2. The van der Waals surface area contributed by atoms with Gasteiger partial charge in [0.25, 0.3) is 10.0 Å². The predicted octanol–water partition coefficient (Wildman–Crippen LogP) is 3.84. The lowest BCUT2D eigenvalue weighted by Crippen LogP contribution is -2.39. The number of sulfonamides is 1. The Kier molecular flexibility index (Phi) is 4.36. The van der Waals surface area contributed by atoms with Gasteiger partial charge >= 0.3 is 0 Å². The van der Waals surface area contributed by atoms with Gasteiger partial charge in [-0.2, -0.15) is 0 Å². The van der Waals surface area contributed by atoms with Gasteiger partial charge < -0.3 is 0 Å². The highest BCUT2D eigenvalue weighted by Gasteiger charge is 2.53. The molecule has 1 fully saturated rings. The smallest absolute Gasteiger partial charge is 0.264 e. The minimum atomic E-state index is -3.92. The van der Waals surface area contributed by atoms with Crippen LogP contribution in [0.5, 0.6) is 0 Å². The van der Waals surface area contributed by atoms with Crippen molar-refractivity contribution in [2.45, 2.75) is 30.1 Å². The Morgan fingerprint density at radius 3 is 2.25 bits per heavy atom. The van der Waals surface area contributed by atoms with E-state index in [0.29, 0.717) is 28.5 Å². The average Bonchev–Trinajstić information content (AvgIpc) is 3.29. The fourth-order valence-corrected chi connectivity index (χ4v) is 4.26. The third-order valence-corrected chi connectivity index (χ3v) is 6.08. The monoisotopic (exact) mass is 383 g/mol. The van der Waals surface area contributed by atoms with Gasteiger partial charge in [0.15, 0.2) is 0 Å². The van der Waals surface area contributed by atoms with E-state index in [-0.39, 0.29) is 4.90 Å². The van der Waals surface area contributed by atoms with Crippen LogP contribution >= 0.6 is 23.2 Å². The van der Waals surface area contributed by atoms with Crippen molar-refractivity contribution in [3.8, 4) is 0 Å². The van der Waals surface area contributed by atoms with Gasteiger partial charge in [0.05, 0.1) is 10.3 Å². The number of halogens is 2. The van der Waals surface area contributed by atoms with Gasteiger partial charge in [0.1, 0.15) is 0 Å². The summed E-state index contributed by atoms with van der Waals surface area (Å²) in [6.45, 7) is 1.86. The molecule has 126 valence electrons. The maximum Gasteiger partial charge on any atom is 0.264 e. The van der Waals surface area contributed by atoms with E-state index >= 15 is 0 Å². The number of hydrogen-bond acceptors (Lipinski definition) is 3. The predicted molar refractivity (Wildman–Crippen MR) is 93.9 cm³/mol. The van der Waals surface area contributed by atoms with Crippen LogP contribution in [0.1, 0.15) is 24.0 Å². The second kappa shape index (κ2) is 6.06. The number of hydrogen-bond donors (Lipinski definition) is 1. The van der Waals surface area contributed by atoms with Crippen LogP contribution < -0.4 is 4.72 Å². The van der Waals surface area contributed by atoms with Crippen LogP contribution in [0.4, 0.5) is 0 Å². The summed E-state index contributed by atoms with van der Waals surface area (Å²) in [4.78, 5) is 12.7. The lowest BCUT2D eigenvalue weighted by atomic mass is 9.95. The molecule has 2 aromatic rings. The molecule has 24 heavy (non-hydrogen) atoms. The normalized spacial score (nSPS) is 15.8. The molecule has 0 heterocycles. The largest absolute Gasteiger partial charge is 0.273 e. The summed E-state index contributed by atoms with van der Waals surface area (Å²) in [7, 11) is -3.92. The first-order valence-corrected chi connectivity index (χ1v) is 9.58. The molecule has 0 unspecified atom stereocenters. The van der Waals surface area contributed by atoms with Crippen molar-refractivity contribution < 1.29 is 13.2 Å². The van der Waals surface area contributed by atoms with Gasteiger partial charge in [-0.3, -0.25) is 4.79 Å². The Labute approximate surface area is 150 Å². The molecule has 1 aliphatic rings. The number of aryl methyl sites for hydroxylation is 1. The standard InChI is InChI=1S/C17H15Cl2NO3S/c1-11-2-5-13(6-3-11)24(22,23)20-16(21)17(8-9-17)14-7-4-12(18)10-15(14)19/h2-7,10H,8-9H2,1H3,(H,20,21). The fourth-order valence-electron chi connectivity index (χ4n) is 2.62. The molecule has 1 saturated carbocycles. The Morgan fingerprint density at radius 1 is 1.08 bits per heavy atom. The van der Waals surface area contributed by atoms with E-state index in [1.165, 1.54) is 12.1 Å². The molecule has 0 spiro atoms. The van der Waals surface area contributed by atoms with Crippen LogP contribution in [-0.4, -0.2) is 14.3 Å². The highest BCUT2D eigenvalue weighted by atomic mass is 35.5. The van der Waals surface area contributed by atoms with Gasteiger partial charge in [0.2, 0.25) is 5.91 Å². The van der Waals surface area contributed by atoms with Crippen LogP contribution in [0.3, 0.4) is 0 Å². The lowest BCUT2D eigenvalue weighted by Gasteiger charge is -2.17. The van der Waals surface area contributed by atoms with E-state index in [2.05, 4.69) is 4.72 Å². The number of amides is 1. The summed E-state index contributed by atoms with van der Waals surface area (Å²) < 4.78 is 27.0. The molecule has 0 radical (unpaired) electrons. The summed E-state index contributed by atoms with van der Waals surface area (Å²) in [6, 6.07) is 11.2. The third kappa shape index (κ3) is 3.16. The van der Waals surface area contributed by atoms with Crippen molar-refractivity contribution >= 4 is 39.1 Å². The Hall–Kier alpha value is -1.56. The van der Waals surface area contributed by atoms with Crippen LogP contribution in [-0.2, 0) is 20.2 Å².